The summed E-state index contributed by atoms with van der Waals surface area (Å²) >= 11 is 0. The number of carbonyl (C=O) groups excluding carboxylic acids is 2. The van der Waals surface area contributed by atoms with Crippen LogP contribution in [0.4, 0.5) is 0 Å². The fourth-order valence-corrected chi connectivity index (χ4v) is 2.40. The molecule has 1 aliphatic rings. The maximum absolute atomic E-state index is 11.8. The van der Waals surface area contributed by atoms with Crippen LogP contribution in [0.1, 0.15) is 12.0 Å². The average molecular weight is 296 g/mol. The first-order valence-corrected chi connectivity index (χ1v) is 7.23. The summed E-state index contributed by atoms with van der Waals surface area (Å²) in [5.41, 5.74) is 3.08. The molecule has 0 aliphatic carbocycles. The molecule has 2 aromatic carbocycles. The van der Waals surface area contributed by atoms with Crippen LogP contribution in [0, 0.1) is 0 Å². The number of carbonyl (C=O) groups is 2. The molecule has 0 N–H and O–H groups in total. The van der Waals surface area contributed by atoms with Gasteiger partial charge in [-0.15, -0.1) is 0 Å². The van der Waals surface area contributed by atoms with Crippen LogP contribution in [0.25, 0.3) is 11.1 Å². The molecule has 0 spiro atoms. The van der Waals surface area contributed by atoms with Gasteiger partial charge in [-0.2, -0.15) is 0 Å². The lowest BCUT2D eigenvalue weighted by atomic mass is 10.0. The molecule has 0 amide bonds. The van der Waals surface area contributed by atoms with Crippen molar-refractivity contribution in [3.8, 4) is 11.1 Å². The number of ether oxygens (including phenoxy) is 2. The highest BCUT2D eigenvalue weighted by Crippen LogP contribution is 2.20. The largest absolute Gasteiger partial charge is 0.463 e. The summed E-state index contributed by atoms with van der Waals surface area (Å²) < 4.78 is 9.89. The Morgan fingerprint density at radius 1 is 1.05 bits per heavy atom. The molecule has 0 aromatic heterocycles. The minimum Gasteiger partial charge on any atom is -0.463 e. The van der Waals surface area contributed by atoms with Crippen molar-refractivity contribution in [3.05, 3.63) is 60.2 Å². The standard InChI is InChI=1S/C18H16O4/c19-17(22-16-10-11-21-18(16)20)12-13-6-8-15(9-7-13)14-4-2-1-3-5-14/h1-9,16H,10-12H2/t16-/m1/s1. The van der Waals surface area contributed by atoms with Gasteiger partial charge in [0, 0.05) is 6.42 Å². The minimum absolute atomic E-state index is 0.152. The highest BCUT2D eigenvalue weighted by atomic mass is 16.6. The van der Waals surface area contributed by atoms with Crippen LogP contribution in [0.3, 0.4) is 0 Å². The summed E-state index contributed by atoms with van der Waals surface area (Å²) in [6, 6.07) is 17.8. The van der Waals surface area contributed by atoms with Crippen LogP contribution in [-0.2, 0) is 25.5 Å². The molecule has 1 aliphatic heterocycles. The van der Waals surface area contributed by atoms with E-state index in [0.717, 1.165) is 16.7 Å². The number of esters is 2. The van der Waals surface area contributed by atoms with Gasteiger partial charge in [-0.1, -0.05) is 54.6 Å². The number of benzene rings is 2. The van der Waals surface area contributed by atoms with Gasteiger partial charge in [0.1, 0.15) is 0 Å². The minimum atomic E-state index is -0.740. The van der Waals surface area contributed by atoms with Crippen LogP contribution in [-0.4, -0.2) is 24.6 Å². The molecule has 22 heavy (non-hydrogen) atoms. The molecule has 2 aromatic rings. The first-order chi connectivity index (χ1) is 10.7. The second-order valence-corrected chi connectivity index (χ2v) is 5.17. The van der Waals surface area contributed by atoms with E-state index in [1.807, 2.05) is 54.6 Å². The van der Waals surface area contributed by atoms with E-state index in [4.69, 9.17) is 9.47 Å². The summed E-state index contributed by atoms with van der Waals surface area (Å²) in [4.78, 5) is 23.1. The molecule has 1 saturated heterocycles. The van der Waals surface area contributed by atoms with Gasteiger partial charge < -0.3 is 9.47 Å². The van der Waals surface area contributed by atoms with Gasteiger partial charge >= 0.3 is 11.9 Å². The molecule has 4 nitrogen and oxygen atoms in total. The zero-order valence-corrected chi connectivity index (χ0v) is 12.0. The number of rotatable bonds is 4. The van der Waals surface area contributed by atoms with Crippen molar-refractivity contribution in [2.75, 3.05) is 6.61 Å². The summed E-state index contributed by atoms with van der Waals surface area (Å²) in [5, 5.41) is 0. The van der Waals surface area contributed by atoms with Crippen molar-refractivity contribution in [3.63, 3.8) is 0 Å². The maximum Gasteiger partial charge on any atom is 0.347 e. The Morgan fingerprint density at radius 3 is 2.36 bits per heavy atom. The fourth-order valence-electron chi connectivity index (χ4n) is 2.40. The van der Waals surface area contributed by atoms with Crippen LogP contribution in [0.5, 0.6) is 0 Å². The van der Waals surface area contributed by atoms with Gasteiger partial charge in [0.05, 0.1) is 13.0 Å². The first-order valence-electron chi connectivity index (χ1n) is 7.23. The summed E-state index contributed by atoms with van der Waals surface area (Å²) in [6.07, 6.45) is -0.146. The summed E-state index contributed by atoms with van der Waals surface area (Å²) in [5.74, 6) is -0.857. The van der Waals surface area contributed by atoms with E-state index in [0.29, 0.717) is 13.0 Å². The van der Waals surface area contributed by atoms with Gasteiger partial charge in [-0.3, -0.25) is 4.79 Å². The van der Waals surface area contributed by atoms with E-state index in [1.165, 1.54) is 0 Å². The Hall–Kier alpha value is -2.62. The van der Waals surface area contributed by atoms with Crippen molar-refractivity contribution in [1.29, 1.82) is 0 Å². The molecule has 0 unspecified atom stereocenters. The Labute approximate surface area is 128 Å². The van der Waals surface area contributed by atoms with Crippen molar-refractivity contribution in [2.45, 2.75) is 18.9 Å². The van der Waals surface area contributed by atoms with Crippen molar-refractivity contribution < 1.29 is 19.1 Å². The Kier molecular flexibility index (Phi) is 4.19. The molecule has 1 fully saturated rings. The van der Waals surface area contributed by atoms with E-state index < -0.39 is 18.0 Å². The number of hydrogen-bond donors (Lipinski definition) is 0. The van der Waals surface area contributed by atoms with Crippen molar-refractivity contribution in [2.24, 2.45) is 0 Å². The molecule has 112 valence electrons. The smallest absolute Gasteiger partial charge is 0.347 e. The molecule has 0 radical (unpaired) electrons. The topological polar surface area (TPSA) is 52.6 Å². The third kappa shape index (κ3) is 3.34. The molecule has 1 heterocycles. The molecular weight excluding hydrogens is 280 g/mol. The van der Waals surface area contributed by atoms with E-state index in [9.17, 15) is 9.59 Å². The van der Waals surface area contributed by atoms with Crippen LogP contribution in [0.2, 0.25) is 0 Å². The summed E-state index contributed by atoms with van der Waals surface area (Å²) in [6.45, 7) is 0.322. The number of hydrogen-bond acceptors (Lipinski definition) is 4. The zero-order valence-electron chi connectivity index (χ0n) is 12.0. The van der Waals surface area contributed by atoms with Gasteiger partial charge in [0.15, 0.2) is 0 Å². The maximum atomic E-state index is 11.8. The first kappa shape index (κ1) is 14.3. The predicted molar refractivity (Wildman–Crippen MR) is 81.0 cm³/mol. The molecular formula is C18H16O4. The Morgan fingerprint density at radius 2 is 1.73 bits per heavy atom. The van der Waals surface area contributed by atoms with Crippen LogP contribution < -0.4 is 0 Å². The van der Waals surface area contributed by atoms with Gasteiger partial charge in [0.25, 0.3) is 0 Å². The third-order valence-corrected chi connectivity index (χ3v) is 3.57. The second-order valence-electron chi connectivity index (χ2n) is 5.17. The van der Waals surface area contributed by atoms with E-state index in [-0.39, 0.29) is 6.42 Å². The molecule has 0 bridgehead atoms. The number of cyclic esters (lactones) is 1. The summed E-state index contributed by atoms with van der Waals surface area (Å²) in [7, 11) is 0. The predicted octanol–water partition coefficient (Wildman–Crippen LogP) is 2.75. The monoisotopic (exact) mass is 296 g/mol. The van der Waals surface area contributed by atoms with Gasteiger partial charge in [-0.25, -0.2) is 4.79 Å². The molecule has 0 saturated carbocycles. The van der Waals surface area contributed by atoms with Crippen LogP contribution >= 0.6 is 0 Å². The quantitative estimate of drug-likeness (QED) is 0.814. The lowest BCUT2D eigenvalue weighted by molar-refractivity contribution is -0.159. The molecule has 1 atom stereocenters. The van der Waals surface area contributed by atoms with Crippen molar-refractivity contribution >= 4 is 11.9 Å². The third-order valence-electron chi connectivity index (χ3n) is 3.57. The van der Waals surface area contributed by atoms with Crippen LogP contribution in [0.15, 0.2) is 54.6 Å². The highest BCUT2D eigenvalue weighted by Gasteiger charge is 2.29. The lowest BCUT2D eigenvalue weighted by Crippen LogP contribution is -2.23. The van der Waals surface area contributed by atoms with E-state index >= 15 is 0 Å². The zero-order chi connectivity index (χ0) is 15.4. The highest BCUT2D eigenvalue weighted by molar-refractivity contribution is 5.81. The lowest BCUT2D eigenvalue weighted by Gasteiger charge is -2.08. The van der Waals surface area contributed by atoms with E-state index in [1.54, 1.807) is 0 Å². The Balaban J connectivity index is 1.61. The van der Waals surface area contributed by atoms with E-state index in [2.05, 4.69) is 0 Å². The van der Waals surface area contributed by atoms with Crippen molar-refractivity contribution in [1.82, 2.24) is 0 Å². The molecule has 3 rings (SSSR count). The normalized spacial score (nSPS) is 17.1. The van der Waals surface area contributed by atoms with Gasteiger partial charge in [-0.05, 0) is 16.7 Å². The second kappa shape index (κ2) is 6.43. The fraction of sp³-hybridized carbons (Fsp3) is 0.222. The Bertz CT molecular complexity index is 661. The van der Waals surface area contributed by atoms with Gasteiger partial charge in [0.2, 0.25) is 6.10 Å². The average Bonchev–Trinajstić information content (AvgIpc) is 2.94. The molecule has 4 heteroatoms. The SMILES string of the molecule is O=C(Cc1ccc(-c2ccccc2)cc1)O[C@@H]1CCOC1=O.